The van der Waals surface area contributed by atoms with Crippen molar-refractivity contribution in [2.75, 3.05) is 30.9 Å². The summed E-state index contributed by atoms with van der Waals surface area (Å²) in [6.07, 6.45) is 6.12. The van der Waals surface area contributed by atoms with Gasteiger partial charge < -0.3 is 10.2 Å². The molecule has 0 radical (unpaired) electrons. The average Bonchev–Trinajstić information content (AvgIpc) is 3.01. The van der Waals surface area contributed by atoms with Gasteiger partial charge >= 0.3 is 0 Å². The number of rotatable bonds is 8. The summed E-state index contributed by atoms with van der Waals surface area (Å²) in [6.45, 7) is 7.67. The second-order valence-electron chi connectivity index (χ2n) is 8.31. The van der Waals surface area contributed by atoms with E-state index in [4.69, 9.17) is 0 Å². The van der Waals surface area contributed by atoms with Crippen molar-refractivity contribution in [3.05, 3.63) is 59.2 Å². The predicted molar refractivity (Wildman–Crippen MR) is 125 cm³/mol. The molecule has 31 heavy (non-hydrogen) atoms. The van der Waals surface area contributed by atoms with E-state index in [-0.39, 0.29) is 10.8 Å². The first-order valence-electron chi connectivity index (χ1n) is 11.1. The number of hydrogen-bond donors (Lipinski definition) is 2. The van der Waals surface area contributed by atoms with Gasteiger partial charge in [0.25, 0.3) is 15.9 Å². The van der Waals surface area contributed by atoms with Crippen LogP contribution in [0.1, 0.15) is 53.6 Å². The maximum absolute atomic E-state index is 12.6. The molecule has 2 N–H and O–H groups in total. The van der Waals surface area contributed by atoms with Crippen molar-refractivity contribution in [3.63, 3.8) is 0 Å². The lowest BCUT2D eigenvalue weighted by atomic mass is 10.1. The van der Waals surface area contributed by atoms with E-state index in [1.165, 1.54) is 25.7 Å². The standard InChI is InChI=1S/C24H33N3O3S/c1-19-8-11-22(12-9-19)31(29,30)26-23-13-10-21(18-20(23)2)24(28)25-14-7-17-27-15-5-3-4-6-16-27/h8-13,18,26H,3-7,14-17H2,1-2H3,(H,25,28). The largest absolute Gasteiger partial charge is 0.352 e. The van der Waals surface area contributed by atoms with Crippen molar-refractivity contribution < 1.29 is 13.2 Å². The molecule has 168 valence electrons. The molecule has 1 saturated heterocycles. The van der Waals surface area contributed by atoms with Gasteiger partial charge in [-0.15, -0.1) is 0 Å². The Hall–Kier alpha value is -2.38. The lowest BCUT2D eigenvalue weighted by Gasteiger charge is -2.19. The van der Waals surface area contributed by atoms with Crippen molar-refractivity contribution in [2.45, 2.75) is 50.8 Å². The molecule has 0 aromatic heterocycles. The molecule has 0 unspecified atom stereocenters. The monoisotopic (exact) mass is 443 g/mol. The molecule has 0 atom stereocenters. The third kappa shape index (κ3) is 6.80. The molecule has 2 aromatic carbocycles. The van der Waals surface area contributed by atoms with Crippen LogP contribution in [0.2, 0.25) is 0 Å². The molecule has 1 heterocycles. The first-order chi connectivity index (χ1) is 14.8. The second kappa shape index (κ2) is 10.8. The minimum absolute atomic E-state index is 0.132. The van der Waals surface area contributed by atoms with Gasteiger partial charge in [-0.25, -0.2) is 8.42 Å². The van der Waals surface area contributed by atoms with E-state index in [0.717, 1.165) is 31.6 Å². The first-order valence-corrected chi connectivity index (χ1v) is 12.5. The zero-order valence-corrected chi connectivity index (χ0v) is 19.3. The van der Waals surface area contributed by atoms with Crippen molar-refractivity contribution in [3.8, 4) is 0 Å². The summed E-state index contributed by atoms with van der Waals surface area (Å²) in [4.78, 5) is 15.2. The number of nitrogens with one attached hydrogen (secondary N) is 2. The topological polar surface area (TPSA) is 78.5 Å². The zero-order valence-electron chi connectivity index (χ0n) is 18.5. The Bertz CT molecular complexity index is 980. The van der Waals surface area contributed by atoms with Crippen LogP contribution in [0.3, 0.4) is 0 Å². The summed E-state index contributed by atoms with van der Waals surface area (Å²) in [5.74, 6) is -0.132. The third-order valence-corrected chi connectivity index (χ3v) is 7.08. The number of likely N-dealkylation sites (tertiary alicyclic amines) is 1. The van der Waals surface area contributed by atoms with Crippen LogP contribution in [-0.4, -0.2) is 45.4 Å². The van der Waals surface area contributed by atoms with Crippen LogP contribution in [0.4, 0.5) is 5.69 Å². The number of anilines is 1. The zero-order chi connectivity index (χ0) is 22.3. The lowest BCUT2D eigenvalue weighted by Crippen LogP contribution is -2.30. The minimum Gasteiger partial charge on any atom is -0.352 e. The van der Waals surface area contributed by atoms with E-state index in [2.05, 4.69) is 14.9 Å². The second-order valence-corrected chi connectivity index (χ2v) is 10.00. The normalized spacial score (nSPS) is 15.3. The molecule has 3 rings (SSSR count). The molecule has 6 nitrogen and oxygen atoms in total. The predicted octanol–water partition coefficient (Wildman–Crippen LogP) is 4.10. The van der Waals surface area contributed by atoms with Crippen LogP contribution in [0.25, 0.3) is 0 Å². The quantitative estimate of drug-likeness (QED) is 0.602. The van der Waals surface area contributed by atoms with Crippen molar-refractivity contribution in [1.29, 1.82) is 0 Å². The van der Waals surface area contributed by atoms with Gasteiger partial charge in [-0.05, 0) is 88.6 Å². The van der Waals surface area contributed by atoms with E-state index in [1.54, 1.807) is 49.4 Å². The number of sulfonamides is 1. The summed E-state index contributed by atoms with van der Waals surface area (Å²) in [7, 11) is -3.67. The van der Waals surface area contributed by atoms with Gasteiger partial charge in [-0.1, -0.05) is 30.5 Å². The molecule has 0 bridgehead atoms. The fourth-order valence-electron chi connectivity index (χ4n) is 3.81. The molecule has 7 heteroatoms. The third-order valence-electron chi connectivity index (χ3n) is 5.70. The summed E-state index contributed by atoms with van der Waals surface area (Å²) < 4.78 is 27.8. The Kier molecular flexibility index (Phi) is 8.09. The summed E-state index contributed by atoms with van der Waals surface area (Å²) in [5.41, 5.74) is 2.70. The number of carbonyl (C=O) groups excluding carboxylic acids is 1. The number of amides is 1. The fraction of sp³-hybridized carbons (Fsp3) is 0.458. The molecular weight excluding hydrogens is 410 g/mol. The summed E-state index contributed by atoms with van der Waals surface area (Å²) >= 11 is 0. The lowest BCUT2D eigenvalue weighted by molar-refractivity contribution is 0.0951. The van der Waals surface area contributed by atoms with Gasteiger partial charge in [0.2, 0.25) is 0 Å². The van der Waals surface area contributed by atoms with E-state index in [1.807, 2.05) is 6.92 Å². The van der Waals surface area contributed by atoms with Crippen molar-refractivity contribution >= 4 is 21.6 Å². The number of carbonyl (C=O) groups is 1. The van der Waals surface area contributed by atoms with E-state index < -0.39 is 10.0 Å². The molecule has 1 aliphatic rings. The number of nitrogens with zero attached hydrogens (tertiary/aromatic N) is 1. The molecular formula is C24H33N3O3S. The molecule has 0 spiro atoms. The van der Waals surface area contributed by atoms with E-state index in [0.29, 0.717) is 23.4 Å². The Balaban J connectivity index is 1.53. The highest BCUT2D eigenvalue weighted by Gasteiger charge is 2.16. The number of hydrogen-bond acceptors (Lipinski definition) is 4. The van der Waals surface area contributed by atoms with Crippen molar-refractivity contribution in [1.82, 2.24) is 10.2 Å². The molecule has 2 aromatic rings. The molecule has 0 aliphatic carbocycles. The first kappa shape index (κ1) is 23.3. The Morgan fingerprint density at radius 3 is 2.29 bits per heavy atom. The highest BCUT2D eigenvalue weighted by Crippen LogP contribution is 2.21. The maximum Gasteiger partial charge on any atom is 0.261 e. The SMILES string of the molecule is Cc1ccc(S(=O)(=O)Nc2ccc(C(=O)NCCCN3CCCCCC3)cc2C)cc1. The molecule has 1 fully saturated rings. The van der Waals surface area contributed by atoms with Gasteiger partial charge in [0.15, 0.2) is 0 Å². The Labute approximate surface area is 186 Å². The molecule has 1 aliphatic heterocycles. The summed E-state index contributed by atoms with van der Waals surface area (Å²) in [6, 6.07) is 11.7. The van der Waals surface area contributed by atoms with E-state index >= 15 is 0 Å². The Morgan fingerprint density at radius 1 is 0.968 bits per heavy atom. The van der Waals surface area contributed by atoms with Crippen LogP contribution >= 0.6 is 0 Å². The van der Waals surface area contributed by atoms with Crippen LogP contribution in [0, 0.1) is 13.8 Å². The van der Waals surface area contributed by atoms with Crippen LogP contribution in [-0.2, 0) is 10.0 Å². The number of benzene rings is 2. The average molecular weight is 444 g/mol. The highest BCUT2D eigenvalue weighted by atomic mass is 32.2. The minimum atomic E-state index is -3.67. The maximum atomic E-state index is 12.6. The van der Waals surface area contributed by atoms with Gasteiger partial charge in [0, 0.05) is 12.1 Å². The van der Waals surface area contributed by atoms with Gasteiger partial charge in [0.05, 0.1) is 10.6 Å². The smallest absolute Gasteiger partial charge is 0.261 e. The number of aryl methyl sites for hydroxylation is 2. The van der Waals surface area contributed by atoms with Crippen LogP contribution < -0.4 is 10.0 Å². The van der Waals surface area contributed by atoms with Gasteiger partial charge in [-0.3, -0.25) is 9.52 Å². The fourth-order valence-corrected chi connectivity index (χ4v) is 4.94. The van der Waals surface area contributed by atoms with Gasteiger partial charge in [0.1, 0.15) is 0 Å². The van der Waals surface area contributed by atoms with Gasteiger partial charge in [-0.2, -0.15) is 0 Å². The highest BCUT2D eigenvalue weighted by molar-refractivity contribution is 7.92. The van der Waals surface area contributed by atoms with E-state index in [9.17, 15) is 13.2 Å². The van der Waals surface area contributed by atoms with Crippen LogP contribution in [0.5, 0.6) is 0 Å². The molecule has 0 saturated carbocycles. The molecule has 1 amide bonds. The Morgan fingerprint density at radius 2 is 1.65 bits per heavy atom. The van der Waals surface area contributed by atoms with Crippen LogP contribution in [0.15, 0.2) is 47.4 Å². The van der Waals surface area contributed by atoms with Crippen molar-refractivity contribution in [2.24, 2.45) is 0 Å². The summed E-state index contributed by atoms with van der Waals surface area (Å²) in [5, 5.41) is 2.98.